The molecule has 1 saturated carbocycles. The minimum absolute atomic E-state index is 0.0357. The molecule has 1 aliphatic carbocycles. The van der Waals surface area contributed by atoms with Gasteiger partial charge in [-0.25, -0.2) is 4.79 Å². The lowest BCUT2D eigenvalue weighted by atomic mass is 10.1. The molecule has 2 N–H and O–H groups in total. The van der Waals surface area contributed by atoms with Crippen LogP contribution in [0.25, 0.3) is 0 Å². The highest BCUT2D eigenvalue weighted by Gasteiger charge is 2.26. The van der Waals surface area contributed by atoms with Crippen LogP contribution in [0.15, 0.2) is 4.52 Å². The van der Waals surface area contributed by atoms with E-state index in [2.05, 4.69) is 20.7 Å². The molecule has 3 rings (SSSR count). The molecule has 2 fully saturated rings. The van der Waals surface area contributed by atoms with Crippen LogP contribution < -0.4 is 10.6 Å². The third kappa shape index (κ3) is 5.21. The number of hydrogen-bond donors (Lipinski definition) is 2. The third-order valence-corrected chi connectivity index (χ3v) is 5.67. The van der Waals surface area contributed by atoms with Crippen LogP contribution in [0, 0.1) is 19.8 Å². The maximum absolute atomic E-state index is 12.1. The Morgan fingerprint density at radius 3 is 2.80 bits per heavy atom. The van der Waals surface area contributed by atoms with Gasteiger partial charge in [0.05, 0.1) is 5.69 Å². The SMILES string of the molecule is Cc1noc(C)c1CCCNC(=O)NC1CCN(CC2CCCC2)C1. The first-order valence-electron chi connectivity index (χ1n) is 9.80. The summed E-state index contributed by atoms with van der Waals surface area (Å²) in [6.45, 7) is 7.92. The first-order chi connectivity index (χ1) is 12.1. The number of rotatable bonds is 7. The average molecular weight is 348 g/mol. The van der Waals surface area contributed by atoms with Crippen LogP contribution >= 0.6 is 0 Å². The predicted octanol–water partition coefficient (Wildman–Crippen LogP) is 2.79. The van der Waals surface area contributed by atoms with Crippen LogP contribution in [0.3, 0.4) is 0 Å². The second-order valence-corrected chi connectivity index (χ2v) is 7.70. The largest absolute Gasteiger partial charge is 0.361 e. The van der Waals surface area contributed by atoms with Crippen LogP contribution in [0.4, 0.5) is 4.79 Å². The summed E-state index contributed by atoms with van der Waals surface area (Å²) < 4.78 is 5.17. The Bertz CT molecular complexity index is 546. The van der Waals surface area contributed by atoms with Gasteiger partial charge in [-0.2, -0.15) is 0 Å². The van der Waals surface area contributed by atoms with Crippen LogP contribution in [0.2, 0.25) is 0 Å². The summed E-state index contributed by atoms with van der Waals surface area (Å²) in [5.74, 6) is 1.77. The lowest BCUT2D eigenvalue weighted by Gasteiger charge is -2.20. The highest BCUT2D eigenvalue weighted by atomic mass is 16.5. The Kier molecular flexibility index (Phi) is 6.34. The van der Waals surface area contributed by atoms with Gasteiger partial charge in [-0.15, -0.1) is 0 Å². The lowest BCUT2D eigenvalue weighted by molar-refractivity contribution is 0.234. The summed E-state index contributed by atoms with van der Waals surface area (Å²) >= 11 is 0. The molecule has 0 aromatic carbocycles. The van der Waals surface area contributed by atoms with Crippen molar-refractivity contribution in [2.24, 2.45) is 5.92 Å². The van der Waals surface area contributed by atoms with E-state index in [1.54, 1.807) is 0 Å². The third-order valence-electron chi connectivity index (χ3n) is 5.67. The van der Waals surface area contributed by atoms with E-state index in [9.17, 15) is 4.79 Å². The molecular weight excluding hydrogens is 316 g/mol. The standard InChI is InChI=1S/C19H32N4O2/c1-14-18(15(2)25-22-14)8-5-10-20-19(24)21-17-9-11-23(13-17)12-16-6-3-4-7-16/h16-17H,3-13H2,1-2H3,(H2,20,21,24). The highest BCUT2D eigenvalue weighted by Crippen LogP contribution is 2.26. The molecule has 1 atom stereocenters. The van der Waals surface area contributed by atoms with Crippen LogP contribution in [-0.2, 0) is 6.42 Å². The van der Waals surface area contributed by atoms with Crippen molar-refractivity contribution in [2.75, 3.05) is 26.2 Å². The van der Waals surface area contributed by atoms with E-state index >= 15 is 0 Å². The molecule has 1 unspecified atom stereocenters. The van der Waals surface area contributed by atoms with Gasteiger partial charge in [-0.05, 0) is 51.9 Å². The predicted molar refractivity (Wildman–Crippen MR) is 97.6 cm³/mol. The fraction of sp³-hybridized carbons (Fsp3) is 0.789. The van der Waals surface area contributed by atoms with Gasteiger partial charge >= 0.3 is 6.03 Å². The molecular formula is C19H32N4O2. The zero-order valence-electron chi connectivity index (χ0n) is 15.6. The number of nitrogens with zero attached hydrogens (tertiary/aromatic N) is 2. The van der Waals surface area contributed by atoms with Crippen molar-refractivity contribution < 1.29 is 9.32 Å². The van der Waals surface area contributed by atoms with E-state index in [0.717, 1.165) is 49.7 Å². The van der Waals surface area contributed by atoms with Crippen molar-refractivity contribution >= 4 is 6.03 Å². The van der Waals surface area contributed by atoms with E-state index in [1.807, 2.05) is 13.8 Å². The number of nitrogens with one attached hydrogen (secondary N) is 2. The molecule has 0 radical (unpaired) electrons. The number of likely N-dealkylation sites (tertiary alicyclic amines) is 1. The van der Waals surface area contributed by atoms with Gasteiger partial charge in [-0.1, -0.05) is 18.0 Å². The minimum atomic E-state index is -0.0357. The van der Waals surface area contributed by atoms with E-state index < -0.39 is 0 Å². The number of hydrogen-bond acceptors (Lipinski definition) is 4. The van der Waals surface area contributed by atoms with Crippen molar-refractivity contribution in [3.05, 3.63) is 17.0 Å². The van der Waals surface area contributed by atoms with Gasteiger partial charge in [-0.3, -0.25) is 0 Å². The molecule has 2 heterocycles. The average Bonchev–Trinajstić information content (AvgIpc) is 3.30. The topological polar surface area (TPSA) is 70.4 Å². The van der Waals surface area contributed by atoms with Crippen LogP contribution in [0.1, 0.15) is 55.5 Å². The summed E-state index contributed by atoms with van der Waals surface area (Å²) in [4.78, 5) is 14.6. The van der Waals surface area contributed by atoms with E-state index in [1.165, 1.54) is 37.8 Å². The highest BCUT2D eigenvalue weighted by molar-refractivity contribution is 5.74. The summed E-state index contributed by atoms with van der Waals surface area (Å²) in [6, 6.07) is 0.260. The fourth-order valence-electron chi connectivity index (χ4n) is 4.24. The van der Waals surface area contributed by atoms with Gasteiger partial charge in [0.2, 0.25) is 0 Å². The molecule has 2 amide bonds. The second-order valence-electron chi connectivity index (χ2n) is 7.70. The van der Waals surface area contributed by atoms with Gasteiger partial charge < -0.3 is 20.1 Å². The zero-order valence-corrected chi connectivity index (χ0v) is 15.6. The fourth-order valence-corrected chi connectivity index (χ4v) is 4.24. The first kappa shape index (κ1) is 18.2. The van der Waals surface area contributed by atoms with Crippen LogP contribution in [-0.4, -0.2) is 48.3 Å². The number of aryl methyl sites for hydroxylation is 2. The lowest BCUT2D eigenvalue weighted by Crippen LogP contribution is -2.43. The summed E-state index contributed by atoms with van der Waals surface area (Å²) in [5.41, 5.74) is 2.12. The molecule has 140 valence electrons. The molecule has 1 aliphatic heterocycles. The van der Waals surface area contributed by atoms with Gasteiger partial charge in [0.25, 0.3) is 0 Å². The molecule has 6 heteroatoms. The monoisotopic (exact) mass is 348 g/mol. The maximum atomic E-state index is 12.1. The molecule has 0 spiro atoms. The van der Waals surface area contributed by atoms with Gasteiger partial charge in [0.15, 0.2) is 0 Å². The number of carbonyl (C=O) groups excluding carboxylic acids is 1. The van der Waals surface area contributed by atoms with Crippen LogP contribution in [0.5, 0.6) is 0 Å². The Hall–Kier alpha value is -1.56. The normalized spacial score (nSPS) is 21.8. The molecule has 1 aromatic rings. The number of aromatic nitrogens is 1. The number of carbonyl (C=O) groups is 1. The van der Waals surface area contributed by atoms with E-state index in [4.69, 9.17) is 4.52 Å². The maximum Gasteiger partial charge on any atom is 0.315 e. The van der Waals surface area contributed by atoms with E-state index in [-0.39, 0.29) is 6.03 Å². The van der Waals surface area contributed by atoms with Crippen molar-refractivity contribution in [2.45, 2.75) is 64.8 Å². The van der Waals surface area contributed by atoms with Crippen molar-refractivity contribution in [1.82, 2.24) is 20.7 Å². The number of amides is 2. The van der Waals surface area contributed by atoms with Gasteiger partial charge in [0.1, 0.15) is 5.76 Å². The molecule has 1 aromatic heterocycles. The molecule has 2 aliphatic rings. The zero-order chi connectivity index (χ0) is 17.6. The Morgan fingerprint density at radius 1 is 1.28 bits per heavy atom. The Balaban J connectivity index is 1.29. The number of urea groups is 1. The molecule has 25 heavy (non-hydrogen) atoms. The Labute approximate surface area is 150 Å². The van der Waals surface area contributed by atoms with E-state index in [0.29, 0.717) is 12.6 Å². The molecule has 0 bridgehead atoms. The minimum Gasteiger partial charge on any atom is -0.361 e. The smallest absolute Gasteiger partial charge is 0.315 e. The van der Waals surface area contributed by atoms with Crippen molar-refractivity contribution in [3.8, 4) is 0 Å². The molecule has 6 nitrogen and oxygen atoms in total. The summed E-state index contributed by atoms with van der Waals surface area (Å²) in [5, 5.41) is 10.1. The Morgan fingerprint density at radius 2 is 2.08 bits per heavy atom. The summed E-state index contributed by atoms with van der Waals surface area (Å²) in [6.07, 6.45) is 8.43. The van der Waals surface area contributed by atoms with Crippen molar-refractivity contribution in [1.29, 1.82) is 0 Å². The molecule has 1 saturated heterocycles. The quantitative estimate of drug-likeness (QED) is 0.744. The summed E-state index contributed by atoms with van der Waals surface area (Å²) in [7, 11) is 0. The van der Waals surface area contributed by atoms with Crippen molar-refractivity contribution in [3.63, 3.8) is 0 Å². The first-order valence-corrected chi connectivity index (χ1v) is 9.80. The second kappa shape index (κ2) is 8.70. The van der Waals surface area contributed by atoms with Gasteiger partial charge in [0, 0.05) is 37.8 Å².